The summed E-state index contributed by atoms with van der Waals surface area (Å²) in [7, 11) is 0. The van der Waals surface area contributed by atoms with Gasteiger partial charge >= 0.3 is 0 Å². The molecular formula is C4H8N2NiO2. The van der Waals surface area contributed by atoms with Gasteiger partial charge in [-0.25, -0.2) is 0 Å². The van der Waals surface area contributed by atoms with Crippen molar-refractivity contribution < 1.29 is 26.1 Å². The van der Waals surface area contributed by atoms with E-state index in [1.807, 2.05) is 0 Å². The Morgan fingerprint density at radius 2 is 1.22 bits per heavy atom. The molecule has 0 aliphatic heterocycles. The first-order chi connectivity index (χ1) is 3.63. The van der Waals surface area contributed by atoms with Crippen molar-refractivity contribution in [3.05, 3.63) is 0 Å². The monoisotopic (exact) mass is 174 g/mol. The molecule has 56 valence electrons. The minimum atomic E-state index is -0.496. The summed E-state index contributed by atoms with van der Waals surface area (Å²) in [4.78, 5) is 19.8. The van der Waals surface area contributed by atoms with Crippen molar-refractivity contribution in [3.8, 4) is 0 Å². The molecule has 0 saturated carbocycles. The fourth-order valence-corrected chi connectivity index (χ4v) is 0.246. The molecule has 0 rings (SSSR count). The van der Waals surface area contributed by atoms with Gasteiger partial charge in [-0.1, -0.05) is 0 Å². The van der Waals surface area contributed by atoms with Crippen molar-refractivity contribution in [1.82, 2.24) is 0 Å². The van der Waals surface area contributed by atoms with E-state index in [4.69, 9.17) is 11.5 Å². The molecular weight excluding hydrogens is 167 g/mol. The fraction of sp³-hybridized carbons (Fsp3) is 0.500. The van der Waals surface area contributed by atoms with E-state index in [0.717, 1.165) is 0 Å². The molecule has 0 unspecified atom stereocenters. The van der Waals surface area contributed by atoms with Gasteiger partial charge in [0.05, 0.1) is 0 Å². The van der Waals surface area contributed by atoms with E-state index < -0.39 is 11.8 Å². The van der Waals surface area contributed by atoms with Gasteiger partial charge in [0.1, 0.15) is 0 Å². The van der Waals surface area contributed by atoms with Crippen LogP contribution in [-0.2, 0) is 26.1 Å². The van der Waals surface area contributed by atoms with E-state index >= 15 is 0 Å². The third-order valence-electron chi connectivity index (χ3n) is 0.618. The Bertz CT molecular complexity index is 101. The molecule has 9 heavy (non-hydrogen) atoms. The van der Waals surface area contributed by atoms with Gasteiger partial charge in [-0.2, -0.15) is 0 Å². The summed E-state index contributed by atoms with van der Waals surface area (Å²) in [5.74, 6) is -0.993. The second-order valence-corrected chi connectivity index (χ2v) is 1.43. The molecule has 0 aromatic heterocycles. The second kappa shape index (κ2) is 5.57. The van der Waals surface area contributed by atoms with E-state index in [1.54, 1.807) is 0 Å². The maximum Gasteiger partial charge on any atom is 0.217 e. The Hall–Kier alpha value is -0.566. The average molecular weight is 175 g/mol. The predicted molar refractivity (Wildman–Crippen MR) is 27.6 cm³/mol. The van der Waals surface area contributed by atoms with E-state index in [9.17, 15) is 9.59 Å². The minimum absolute atomic E-state index is 0. The Labute approximate surface area is 62.9 Å². The van der Waals surface area contributed by atoms with Crippen molar-refractivity contribution in [3.63, 3.8) is 0 Å². The average Bonchev–Trinajstić information content (AvgIpc) is 1.61. The van der Waals surface area contributed by atoms with Crippen molar-refractivity contribution >= 4 is 11.8 Å². The molecule has 0 aromatic carbocycles. The summed E-state index contributed by atoms with van der Waals surface area (Å²) in [6.07, 6.45) is 0.102. The number of rotatable bonds is 3. The maximum atomic E-state index is 9.92. The number of nitrogens with two attached hydrogens (primary N) is 2. The first kappa shape index (κ1) is 11.3. The van der Waals surface area contributed by atoms with Crippen LogP contribution in [0, 0.1) is 0 Å². The molecule has 4 nitrogen and oxygen atoms in total. The molecule has 5 heteroatoms. The van der Waals surface area contributed by atoms with Gasteiger partial charge in [0.2, 0.25) is 11.8 Å². The van der Waals surface area contributed by atoms with Crippen LogP contribution in [0.5, 0.6) is 0 Å². The van der Waals surface area contributed by atoms with E-state index in [0.29, 0.717) is 0 Å². The van der Waals surface area contributed by atoms with Crippen LogP contribution in [0.3, 0.4) is 0 Å². The molecule has 0 atom stereocenters. The van der Waals surface area contributed by atoms with Crippen molar-refractivity contribution in [2.24, 2.45) is 11.5 Å². The molecule has 0 heterocycles. The van der Waals surface area contributed by atoms with Crippen LogP contribution in [0.4, 0.5) is 0 Å². The maximum absolute atomic E-state index is 9.92. The van der Waals surface area contributed by atoms with Crippen LogP contribution >= 0.6 is 0 Å². The molecule has 4 N–H and O–H groups in total. The van der Waals surface area contributed by atoms with E-state index in [2.05, 4.69) is 0 Å². The van der Waals surface area contributed by atoms with Crippen LogP contribution in [0.2, 0.25) is 0 Å². The zero-order valence-corrected chi connectivity index (χ0v) is 5.69. The first-order valence-electron chi connectivity index (χ1n) is 2.19. The SMILES string of the molecule is NC(=O)CCC(N)=O.[Ni]. The summed E-state index contributed by atoms with van der Waals surface area (Å²) in [6.45, 7) is 0. The molecule has 0 aromatic rings. The van der Waals surface area contributed by atoms with Gasteiger partial charge in [0.25, 0.3) is 0 Å². The van der Waals surface area contributed by atoms with E-state index in [-0.39, 0.29) is 29.3 Å². The largest absolute Gasteiger partial charge is 0.370 e. The Kier molecular flexibility index (Phi) is 6.97. The Morgan fingerprint density at radius 1 is 1.00 bits per heavy atom. The molecule has 0 radical (unpaired) electrons. The third-order valence-corrected chi connectivity index (χ3v) is 0.618. The number of primary amides is 2. The molecule has 0 bridgehead atoms. The van der Waals surface area contributed by atoms with Crippen molar-refractivity contribution in [2.75, 3.05) is 0 Å². The summed E-state index contributed by atoms with van der Waals surface area (Å²) in [5.41, 5.74) is 9.39. The van der Waals surface area contributed by atoms with Crippen LogP contribution in [0.15, 0.2) is 0 Å². The zero-order chi connectivity index (χ0) is 6.57. The van der Waals surface area contributed by atoms with E-state index in [1.165, 1.54) is 0 Å². The quantitative estimate of drug-likeness (QED) is 0.524. The van der Waals surface area contributed by atoms with Crippen LogP contribution < -0.4 is 11.5 Å². The normalized spacial score (nSPS) is 7.56. The third kappa shape index (κ3) is 11.2. The zero-order valence-electron chi connectivity index (χ0n) is 4.70. The van der Waals surface area contributed by atoms with Gasteiger partial charge in [0, 0.05) is 29.3 Å². The van der Waals surface area contributed by atoms with Crippen LogP contribution in [0.25, 0.3) is 0 Å². The number of hydrogen-bond donors (Lipinski definition) is 2. The second-order valence-electron chi connectivity index (χ2n) is 1.43. The predicted octanol–water partition coefficient (Wildman–Crippen LogP) is -1.27. The van der Waals surface area contributed by atoms with Gasteiger partial charge < -0.3 is 11.5 Å². The Morgan fingerprint density at radius 3 is 1.33 bits per heavy atom. The number of carbonyl (C=O) groups is 2. The van der Waals surface area contributed by atoms with Gasteiger partial charge in [-0.15, -0.1) is 0 Å². The molecule has 0 saturated heterocycles. The summed E-state index contributed by atoms with van der Waals surface area (Å²) >= 11 is 0. The first-order valence-corrected chi connectivity index (χ1v) is 2.19. The summed E-state index contributed by atoms with van der Waals surface area (Å²) < 4.78 is 0. The molecule has 0 fully saturated rings. The van der Waals surface area contributed by atoms with Gasteiger partial charge in [-0.05, 0) is 0 Å². The van der Waals surface area contributed by atoms with Gasteiger partial charge in [-0.3, -0.25) is 9.59 Å². The van der Waals surface area contributed by atoms with Crippen molar-refractivity contribution in [2.45, 2.75) is 12.8 Å². The molecule has 2 amide bonds. The summed E-state index contributed by atoms with van der Waals surface area (Å²) in [6, 6.07) is 0. The van der Waals surface area contributed by atoms with Crippen LogP contribution in [0.1, 0.15) is 12.8 Å². The minimum Gasteiger partial charge on any atom is -0.370 e. The topological polar surface area (TPSA) is 86.2 Å². The molecule has 0 aliphatic carbocycles. The Balaban J connectivity index is 0. The molecule has 0 aliphatic rings. The standard InChI is InChI=1S/C4H8N2O2.Ni/c5-3(7)1-2-4(6)8;/h1-2H2,(H2,5,7)(H2,6,8);. The smallest absolute Gasteiger partial charge is 0.217 e. The van der Waals surface area contributed by atoms with Crippen molar-refractivity contribution in [1.29, 1.82) is 0 Å². The number of amides is 2. The fourth-order valence-electron chi connectivity index (χ4n) is 0.246. The van der Waals surface area contributed by atoms with Gasteiger partial charge in [0.15, 0.2) is 0 Å². The molecule has 0 spiro atoms. The summed E-state index contributed by atoms with van der Waals surface area (Å²) in [5, 5.41) is 0. The van der Waals surface area contributed by atoms with Crippen LogP contribution in [-0.4, -0.2) is 11.8 Å². The number of carbonyl (C=O) groups excluding carboxylic acids is 2. The number of hydrogen-bond acceptors (Lipinski definition) is 2.